The topological polar surface area (TPSA) is 71.9 Å². The zero-order valence-electron chi connectivity index (χ0n) is 16.0. The van der Waals surface area contributed by atoms with E-state index in [1.54, 1.807) is 0 Å². The Morgan fingerprint density at radius 2 is 1.89 bits per heavy atom. The van der Waals surface area contributed by atoms with Gasteiger partial charge in [-0.2, -0.15) is 5.26 Å². The van der Waals surface area contributed by atoms with Gasteiger partial charge in [-0.25, -0.2) is 4.98 Å². The number of pyridine rings is 1. The predicted octanol–water partition coefficient (Wildman–Crippen LogP) is 4.97. The first-order valence-corrected chi connectivity index (χ1v) is 9.66. The van der Waals surface area contributed by atoms with Gasteiger partial charge in [0.2, 0.25) is 0 Å². The number of ether oxygens (including phenoxy) is 1. The van der Waals surface area contributed by atoms with E-state index >= 15 is 0 Å². The third-order valence-electron chi connectivity index (χ3n) is 5.24. The van der Waals surface area contributed by atoms with Gasteiger partial charge in [0.25, 0.3) is 0 Å². The maximum Gasteiger partial charge on any atom is 0.142 e. The third kappa shape index (κ3) is 3.57. The van der Waals surface area contributed by atoms with E-state index in [9.17, 15) is 5.26 Å². The van der Waals surface area contributed by atoms with Crippen LogP contribution in [0.1, 0.15) is 40.8 Å². The number of hydrogen-bond donors (Lipinski definition) is 1. The van der Waals surface area contributed by atoms with Crippen molar-refractivity contribution in [3.05, 3.63) is 76.5 Å². The first-order valence-electron chi connectivity index (χ1n) is 9.66. The summed E-state index contributed by atoms with van der Waals surface area (Å²) in [5, 5.41) is 9.65. The molecule has 0 unspecified atom stereocenters. The van der Waals surface area contributed by atoms with Crippen LogP contribution in [0.5, 0.6) is 5.75 Å². The lowest BCUT2D eigenvalue weighted by molar-refractivity contribution is 0.306. The van der Waals surface area contributed by atoms with Crippen LogP contribution in [0.2, 0.25) is 0 Å². The smallest absolute Gasteiger partial charge is 0.142 e. The van der Waals surface area contributed by atoms with Gasteiger partial charge < -0.3 is 10.5 Å². The standard InChI is InChI=1S/C24H23N3O/c1-16-5-4-6-17(13-16)15-28-19-11-9-18(10-12-19)23-20-7-2-3-8-22(20)27-24(26)21(23)14-25/h4-6,9-13H,2-3,7-8,15H2,1H3,(H2,26,27). The summed E-state index contributed by atoms with van der Waals surface area (Å²) in [6, 6.07) is 18.5. The summed E-state index contributed by atoms with van der Waals surface area (Å²) in [7, 11) is 0. The maximum atomic E-state index is 9.65. The van der Waals surface area contributed by atoms with E-state index < -0.39 is 0 Å². The third-order valence-corrected chi connectivity index (χ3v) is 5.24. The van der Waals surface area contributed by atoms with Crippen LogP contribution in [-0.2, 0) is 19.4 Å². The monoisotopic (exact) mass is 369 g/mol. The lowest BCUT2D eigenvalue weighted by Gasteiger charge is -2.21. The summed E-state index contributed by atoms with van der Waals surface area (Å²) in [6.07, 6.45) is 4.11. The normalized spacial score (nSPS) is 12.9. The fourth-order valence-electron chi connectivity index (χ4n) is 3.88. The molecule has 1 aliphatic carbocycles. The molecule has 4 heteroatoms. The van der Waals surface area contributed by atoms with E-state index in [0.717, 1.165) is 53.8 Å². The Morgan fingerprint density at radius 1 is 1.11 bits per heavy atom. The minimum atomic E-state index is 0.331. The van der Waals surface area contributed by atoms with Crippen molar-refractivity contribution in [1.29, 1.82) is 5.26 Å². The molecule has 0 bridgehead atoms. The second-order valence-corrected chi connectivity index (χ2v) is 7.29. The second-order valence-electron chi connectivity index (χ2n) is 7.29. The van der Waals surface area contributed by atoms with E-state index in [2.05, 4.69) is 36.2 Å². The minimum Gasteiger partial charge on any atom is -0.489 e. The van der Waals surface area contributed by atoms with Gasteiger partial charge in [-0.15, -0.1) is 0 Å². The van der Waals surface area contributed by atoms with E-state index in [4.69, 9.17) is 10.5 Å². The Balaban J connectivity index is 1.62. The van der Waals surface area contributed by atoms with Crippen molar-refractivity contribution < 1.29 is 4.74 Å². The molecule has 0 fully saturated rings. The number of fused-ring (bicyclic) bond motifs is 1. The zero-order chi connectivity index (χ0) is 19.5. The number of anilines is 1. The molecule has 0 saturated heterocycles. The van der Waals surface area contributed by atoms with Crippen LogP contribution in [-0.4, -0.2) is 4.98 Å². The molecule has 3 aromatic rings. The molecule has 0 radical (unpaired) electrons. The minimum absolute atomic E-state index is 0.331. The summed E-state index contributed by atoms with van der Waals surface area (Å²) in [6.45, 7) is 2.61. The highest BCUT2D eigenvalue weighted by molar-refractivity contribution is 5.79. The maximum absolute atomic E-state index is 9.65. The van der Waals surface area contributed by atoms with Crippen molar-refractivity contribution in [3.63, 3.8) is 0 Å². The number of rotatable bonds is 4. The molecule has 0 spiro atoms. The Labute approximate surface area is 165 Å². The summed E-state index contributed by atoms with van der Waals surface area (Å²) in [5.41, 5.74) is 13.1. The Hall–Kier alpha value is -3.32. The number of nitrogen functional groups attached to an aromatic ring is 1. The van der Waals surface area contributed by atoms with Crippen LogP contribution in [0.25, 0.3) is 11.1 Å². The number of nitrogens with zero attached hydrogens (tertiary/aromatic N) is 2. The predicted molar refractivity (Wildman–Crippen MR) is 111 cm³/mol. The van der Waals surface area contributed by atoms with Crippen molar-refractivity contribution in [2.45, 2.75) is 39.2 Å². The number of hydrogen-bond acceptors (Lipinski definition) is 4. The van der Waals surface area contributed by atoms with E-state index in [1.807, 2.05) is 30.3 Å². The van der Waals surface area contributed by atoms with Gasteiger partial charge in [0.05, 0.1) is 0 Å². The highest BCUT2D eigenvalue weighted by Crippen LogP contribution is 2.36. The fourth-order valence-corrected chi connectivity index (χ4v) is 3.88. The van der Waals surface area contributed by atoms with Crippen LogP contribution in [0.15, 0.2) is 48.5 Å². The number of benzene rings is 2. The van der Waals surface area contributed by atoms with E-state index in [1.165, 1.54) is 11.1 Å². The largest absolute Gasteiger partial charge is 0.489 e. The van der Waals surface area contributed by atoms with Crippen LogP contribution in [0.4, 0.5) is 5.82 Å². The lowest BCUT2D eigenvalue weighted by atomic mass is 9.86. The van der Waals surface area contributed by atoms with Crippen molar-refractivity contribution in [2.75, 3.05) is 5.73 Å². The number of nitriles is 1. The zero-order valence-corrected chi connectivity index (χ0v) is 16.0. The first kappa shape index (κ1) is 18.1. The number of nitrogens with two attached hydrogens (primary N) is 1. The Bertz CT molecular complexity index is 1050. The SMILES string of the molecule is Cc1cccc(COc2ccc(-c3c(C#N)c(N)nc4c3CCCC4)cc2)c1. The molecule has 4 nitrogen and oxygen atoms in total. The molecule has 4 rings (SSSR count). The lowest BCUT2D eigenvalue weighted by Crippen LogP contribution is -2.11. The fraction of sp³-hybridized carbons (Fsp3) is 0.250. The van der Waals surface area contributed by atoms with Gasteiger partial charge >= 0.3 is 0 Å². The molecule has 2 N–H and O–H groups in total. The van der Waals surface area contributed by atoms with Crippen LogP contribution >= 0.6 is 0 Å². The number of aromatic nitrogens is 1. The average molecular weight is 369 g/mol. The van der Waals surface area contributed by atoms with Crippen molar-refractivity contribution >= 4 is 5.82 Å². The Morgan fingerprint density at radius 3 is 2.64 bits per heavy atom. The van der Waals surface area contributed by atoms with Gasteiger partial charge in [0, 0.05) is 11.3 Å². The molecular weight excluding hydrogens is 346 g/mol. The summed E-state index contributed by atoms with van der Waals surface area (Å²) >= 11 is 0. The molecule has 0 atom stereocenters. The van der Waals surface area contributed by atoms with Gasteiger partial charge in [-0.1, -0.05) is 42.0 Å². The summed E-state index contributed by atoms with van der Waals surface area (Å²) in [4.78, 5) is 4.49. The van der Waals surface area contributed by atoms with Crippen LogP contribution < -0.4 is 10.5 Å². The molecule has 1 heterocycles. The van der Waals surface area contributed by atoms with E-state index in [-0.39, 0.29) is 0 Å². The molecular formula is C24H23N3O. The molecule has 1 aliphatic rings. The molecule has 2 aromatic carbocycles. The van der Waals surface area contributed by atoms with Crippen LogP contribution in [0, 0.1) is 18.3 Å². The van der Waals surface area contributed by atoms with Crippen LogP contribution in [0.3, 0.4) is 0 Å². The quantitative estimate of drug-likeness (QED) is 0.705. The van der Waals surface area contributed by atoms with Gasteiger partial charge in [0.15, 0.2) is 0 Å². The highest BCUT2D eigenvalue weighted by atomic mass is 16.5. The molecule has 0 saturated carbocycles. The summed E-state index contributed by atoms with van der Waals surface area (Å²) in [5.74, 6) is 1.14. The summed E-state index contributed by atoms with van der Waals surface area (Å²) < 4.78 is 5.93. The van der Waals surface area contributed by atoms with Gasteiger partial charge in [0.1, 0.15) is 29.8 Å². The molecule has 0 amide bonds. The second kappa shape index (κ2) is 7.74. The molecule has 0 aliphatic heterocycles. The van der Waals surface area contributed by atoms with Crippen molar-refractivity contribution in [1.82, 2.24) is 4.98 Å². The van der Waals surface area contributed by atoms with Crippen molar-refractivity contribution in [3.8, 4) is 22.9 Å². The highest BCUT2D eigenvalue weighted by Gasteiger charge is 2.21. The van der Waals surface area contributed by atoms with Gasteiger partial charge in [-0.05, 0) is 61.4 Å². The molecule has 140 valence electrons. The molecule has 28 heavy (non-hydrogen) atoms. The first-order chi connectivity index (χ1) is 13.7. The average Bonchev–Trinajstić information content (AvgIpc) is 2.72. The van der Waals surface area contributed by atoms with E-state index in [0.29, 0.717) is 18.0 Å². The molecule has 1 aromatic heterocycles. The number of aryl methyl sites for hydroxylation is 2. The Kier molecular flexibility index (Phi) is 4.99. The van der Waals surface area contributed by atoms with Gasteiger partial charge in [-0.3, -0.25) is 0 Å². The van der Waals surface area contributed by atoms with Crippen molar-refractivity contribution in [2.24, 2.45) is 0 Å².